The van der Waals surface area contributed by atoms with Gasteiger partial charge in [0.25, 0.3) is 5.92 Å². The molecule has 0 aromatic heterocycles. The fourth-order valence-electron chi connectivity index (χ4n) is 5.01. The van der Waals surface area contributed by atoms with E-state index in [9.17, 15) is 4.39 Å². The molecule has 0 fully saturated rings. The number of aliphatic imine (C=N–C) groups is 1. The van der Waals surface area contributed by atoms with Crippen LogP contribution in [0.3, 0.4) is 0 Å². The highest BCUT2D eigenvalue weighted by Crippen LogP contribution is 2.41. The SMILES string of the molecule is COc1ccc(C(NC2=NC(c3cc(Br)ccc3F)C(F)(F)COC2)(c2ccccc2)c2ccc(C)cc2)cc1. The third-order valence-electron chi connectivity index (χ3n) is 7.02. The number of hydrogen-bond acceptors (Lipinski definition) is 4. The minimum atomic E-state index is -3.44. The van der Waals surface area contributed by atoms with E-state index in [2.05, 4.69) is 26.2 Å². The molecule has 2 unspecified atom stereocenters. The Bertz CT molecular complexity index is 1500. The van der Waals surface area contributed by atoms with E-state index in [0.717, 1.165) is 28.3 Å². The molecule has 4 aromatic rings. The van der Waals surface area contributed by atoms with Crippen LogP contribution in [0.4, 0.5) is 13.2 Å². The van der Waals surface area contributed by atoms with Gasteiger partial charge in [0.2, 0.25) is 0 Å². The second kappa shape index (κ2) is 11.5. The minimum Gasteiger partial charge on any atom is -0.497 e. The molecule has 206 valence electrons. The fourth-order valence-corrected chi connectivity index (χ4v) is 5.38. The van der Waals surface area contributed by atoms with Crippen molar-refractivity contribution in [2.75, 3.05) is 20.3 Å². The minimum absolute atomic E-state index is 0.168. The van der Waals surface area contributed by atoms with Crippen molar-refractivity contribution in [1.29, 1.82) is 0 Å². The molecule has 5 rings (SSSR count). The number of amidine groups is 1. The third-order valence-corrected chi connectivity index (χ3v) is 7.51. The Morgan fingerprint density at radius 1 is 0.925 bits per heavy atom. The van der Waals surface area contributed by atoms with Crippen molar-refractivity contribution < 1.29 is 22.6 Å². The van der Waals surface area contributed by atoms with E-state index in [1.807, 2.05) is 85.8 Å². The van der Waals surface area contributed by atoms with E-state index >= 15 is 8.78 Å². The molecule has 4 aromatic carbocycles. The maximum Gasteiger partial charge on any atom is 0.297 e. The first kappa shape index (κ1) is 27.9. The standard InChI is InChI=1S/C32H28BrF3N2O2/c1-21-8-10-23(11-9-21)32(22-6-4-3-5-7-22,24-12-15-26(39-2)16-13-24)38-29-19-40-20-31(35,36)30(37-29)27-18-25(33)14-17-28(27)34/h3-18,30H,19-20H2,1-2H3,(H,37,38). The lowest BCUT2D eigenvalue weighted by molar-refractivity contribution is -0.0832. The molecule has 0 amide bonds. The smallest absolute Gasteiger partial charge is 0.297 e. The topological polar surface area (TPSA) is 42.8 Å². The first-order valence-corrected chi connectivity index (χ1v) is 13.5. The van der Waals surface area contributed by atoms with Crippen LogP contribution in [-0.4, -0.2) is 32.1 Å². The van der Waals surface area contributed by atoms with Crippen LogP contribution in [0.15, 0.2) is 107 Å². The second-order valence-electron chi connectivity index (χ2n) is 9.73. The molecule has 1 aliphatic rings. The number of nitrogens with one attached hydrogen (secondary N) is 1. The van der Waals surface area contributed by atoms with E-state index in [0.29, 0.717) is 10.2 Å². The molecule has 4 nitrogen and oxygen atoms in total. The van der Waals surface area contributed by atoms with Gasteiger partial charge in [-0.3, -0.25) is 4.99 Å². The molecule has 0 spiro atoms. The van der Waals surface area contributed by atoms with E-state index in [4.69, 9.17) is 9.47 Å². The maximum atomic E-state index is 15.4. The number of alkyl halides is 2. The Morgan fingerprint density at radius 2 is 1.55 bits per heavy atom. The van der Waals surface area contributed by atoms with Crippen LogP contribution in [-0.2, 0) is 10.3 Å². The van der Waals surface area contributed by atoms with Crippen molar-refractivity contribution >= 4 is 21.8 Å². The van der Waals surface area contributed by atoms with Gasteiger partial charge < -0.3 is 14.8 Å². The number of nitrogens with zero attached hydrogens (tertiary/aromatic N) is 1. The quantitative estimate of drug-likeness (QED) is 0.229. The normalized spacial score (nSPS) is 18.2. The number of ether oxygens (including phenoxy) is 2. The van der Waals surface area contributed by atoms with Gasteiger partial charge in [0.05, 0.1) is 7.11 Å². The van der Waals surface area contributed by atoms with Gasteiger partial charge in [-0.1, -0.05) is 88.2 Å². The predicted octanol–water partition coefficient (Wildman–Crippen LogP) is 7.59. The van der Waals surface area contributed by atoms with E-state index in [1.54, 1.807) is 7.11 Å². The first-order valence-electron chi connectivity index (χ1n) is 12.8. The van der Waals surface area contributed by atoms with Gasteiger partial charge in [-0.05, 0) is 53.9 Å². The molecule has 0 aliphatic carbocycles. The molecular weight excluding hydrogens is 581 g/mol. The number of hydrogen-bond donors (Lipinski definition) is 1. The highest BCUT2D eigenvalue weighted by atomic mass is 79.9. The Morgan fingerprint density at radius 3 is 2.20 bits per heavy atom. The van der Waals surface area contributed by atoms with Gasteiger partial charge in [-0.25, -0.2) is 13.2 Å². The van der Waals surface area contributed by atoms with Crippen LogP contribution >= 0.6 is 15.9 Å². The van der Waals surface area contributed by atoms with Crippen molar-refractivity contribution in [3.8, 4) is 5.75 Å². The van der Waals surface area contributed by atoms with E-state index < -0.39 is 29.9 Å². The average molecular weight is 609 g/mol. The van der Waals surface area contributed by atoms with Gasteiger partial charge >= 0.3 is 0 Å². The van der Waals surface area contributed by atoms with Crippen molar-refractivity contribution in [1.82, 2.24) is 5.32 Å². The number of benzene rings is 4. The Kier molecular flexibility index (Phi) is 8.01. The highest BCUT2D eigenvalue weighted by Gasteiger charge is 2.46. The van der Waals surface area contributed by atoms with Crippen LogP contribution in [0.2, 0.25) is 0 Å². The molecule has 8 heteroatoms. The van der Waals surface area contributed by atoms with Gasteiger partial charge in [0.1, 0.15) is 42.2 Å². The summed E-state index contributed by atoms with van der Waals surface area (Å²) >= 11 is 3.28. The summed E-state index contributed by atoms with van der Waals surface area (Å²) in [5.74, 6) is -3.36. The largest absolute Gasteiger partial charge is 0.497 e. The Labute approximate surface area is 240 Å². The van der Waals surface area contributed by atoms with Gasteiger partial charge in [0.15, 0.2) is 0 Å². The molecule has 0 bridgehead atoms. The lowest BCUT2D eigenvalue weighted by atomic mass is 9.76. The molecule has 0 radical (unpaired) electrons. The number of methoxy groups -OCH3 is 1. The highest BCUT2D eigenvalue weighted by molar-refractivity contribution is 9.10. The maximum absolute atomic E-state index is 15.4. The summed E-state index contributed by atoms with van der Waals surface area (Å²) in [5.41, 5.74) is 2.34. The zero-order valence-electron chi connectivity index (χ0n) is 22.0. The molecule has 0 saturated heterocycles. The summed E-state index contributed by atoms with van der Waals surface area (Å²) < 4.78 is 57.0. The molecule has 1 heterocycles. The fraction of sp³-hybridized carbons (Fsp3) is 0.219. The number of halogens is 4. The summed E-state index contributed by atoms with van der Waals surface area (Å²) in [6, 6.07) is 27.4. The zero-order chi connectivity index (χ0) is 28.3. The molecule has 1 aliphatic heterocycles. The van der Waals surface area contributed by atoms with Gasteiger partial charge in [-0.15, -0.1) is 0 Å². The zero-order valence-corrected chi connectivity index (χ0v) is 23.6. The first-order chi connectivity index (χ1) is 19.2. The van der Waals surface area contributed by atoms with Gasteiger partial charge in [-0.2, -0.15) is 0 Å². The van der Waals surface area contributed by atoms with Crippen LogP contribution in [0.25, 0.3) is 0 Å². The number of rotatable bonds is 6. The summed E-state index contributed by atoms with van der Waals surface area (Å²) in [5, 5.41) is 3.50. The molecular formula is C32H28BrF3N2O2. The summed E-state index contributed by atoms with van der Waals surface area (Å²) in [6.07, 6.45) is 0. The lowest BCUT2D eigenvalue weighted by Crippen LogP contribution is -2.49. The van der Waals surface area contributed by atoms with Crippen molar-refractivity contribution in [3.05, 3.63) is 135 Å². The number of aryl methyl sites for hydroxylation is 1. The van der Waals surface area contributed by atoms with Crippen molar-refractivity contribution in [2.24, 2.45) is 4.99 Å². The summed E-state index contributed by atoms with van der Waals surface area (Å²) in [7, 11) is 1.59. The predicted molar refractivity (Wildman–Crippen MR) is 154 cm³/mol. The average Bonchev–Trinajstić information content (AvgIpc) is 3.11. The van der Waals surface area contributed by atoms with Crippen molar-refractivity contribution in [2.45, 2.75) is 24.4 Å². The Balaban J connectivity index is 1.73. The van der Waals surface area contributed by atoms with Crippen LogP contribution in [0, 0.1) is 12.7 Å². The second-order valence-corrected chi connectivity index (χ2v) is 10.6. The van der Waals surface area contributed by atoms with Crippen LogP contribution in [0.1, 0.15) is 33.9 Å². The van der Waals surface area contributed by atoms with Crippen LogP contribution < -0.4 is 10.1 Å². The molecule has 1 N–H and O–H groups in total. The molecule has 40 heavy (non-hydrogen) atoms. The third kappa shape index (κ3) is 5.51. The molecule has 2 atom stereocenters. The summed E-state index contributed by atoms with van der Waals surface area (Å²) in [4.78, 5) is 4.46. The van der Waals surface area contributed by atoms with Crippen LogP contribution in [0.5, 0.6) is 5.75 Å². The monoisotopic (exact) mass is 608 g/mol. The molecule has 0 saturated carbocycles. The lowest BCUT2D eigenvalue weighted by Gasteiger charge is -2.38. The Hall–Kier alpha value is -3.62. The van der Waals surface area contributed by atoms with Crippen molar-refractivity contribution in [3.63, 3.8) is 0 Å². The van der Waals surface area contributed by atoms with E-state index in [1.165, 1.54) is 12.1 Å². The van der Waals surface area contributed by atoms with Gasteiger partial charge in [0, 0.05) is 10.0 Å². The van der Waals surface area contributed by atoms with E-state index in [-0.39, 0.29) is 18.0 Å². The summed E-state index contributed by atoms with van der Waals surface area (Å²) in [6.45, 7) is 0.888.